The van der Waals surface area contributed by atoms with Crippen molar-refractivity contribution in [1.82, 2.24) is 9.78 Å². The number of esters is 1. The minimum atomic E-state index is -0.877. The van der Waals surface area contributed by atoms with E-state index in [1.54, 1.807) is 6.92 Å². The van der Waals surface area contributed by atoms with Crippen molar-refractivity contribution in [2.45, 2.75) is 6.92 Å². The number of hydrogen-bond donors (Lipinski definition) is 1. The van der Waals surface area contributed by atoms with Crippen LogP contribution in [0.3, 0.4) is 0 Å². The predicted octanol–water partition coefficient (Wildman–Crippen LogP) is 2.94. The van der Waals surface area contributed by atoms with Gasteiger partial charge in [-0.1, -0.05) is 6.07 Å². The molecule has 1 amide bonds. The number of hydrogen-bond acceptors (Lipinski definition) is 5. The minimum Gasteiger partial charge on any atom is -0.461 e. The molecule has 0 aliphatic heterocycles. The van der Waals surface area contributed by atoms with E-state index in [-0.39, 0.29) is 29.2 Å². The highest BCUT2D eigenvalue weighted by Gasteiger charge is 2.20. The Morgan fingerprint density at radius 2 is 1.79 bits per heavy atom. The van der Waals surface area contributed by atoms with E-state index in [9.17, 15) is 23.2 Å². The van der Waals surface area contributed by atoms with Gasteiger partial charge in [-0.25, -0.2) is 13.6 Å². The van der Waals surface area contributed by atoms with E-state index in [4.69, 9.17) is 4.74 Å². The van der Waals surface area contributed by atoms with Crippen LogP contribution in [0.25, 0.3) is 5.69 Å². The van der Waals surface area contributed by atoms with E-state index >= 15 is 0 Å². The molecule has 0 saturated heterocycles. The van der Waals surface area contributed by atoms with Crippen molar-refractivity contribution in [1.29, 1.82) is 0 Å². The molecule has 0 atom stereocenters. The third-order valence-electron chi connectivity index (χ3n) is 3.81. The Kier molecular flexibility index (Phi) is 5.77. The number of amides is 1. The molecule has 0 spiro atoms. The van der Waals surface area contributed by atoms with Crippen molar-refractivity contribution in [2.24, 2.45) is 0 Å². The number of carbonyl (C=O) groups is 2. The molecule has 0 aliphatic carbocycles. The standard InChI is InChI=1S/C20H15F2N3O4/c1-2-29-20(28)18-16(23-19(27)12-4-3-5-14(22)10-12)11-17(26)25(24-18)15-8-6-13(21)7-9-15/h3-11H,2H2,1H3,(H,23,27). The lowest BCUT2D eigenvalue weighted by Crippen LogP contribution is -2.27. The van der Waals surface area contributed by atoms with Crippen molar-refractivity contribution >= 4 is 17.6 Å². The van der Waals surface area contributed by atoms with Crippen molar-refractivity contribution in [2.75, 3.05) is 11.9 Å². The van der Waals surface area contributed by atoms with Crippen LogP contribution in [0.5, 0.6) is 0 Å². The van der Waals surface area contributed by atoms with Gasteiger partial charge in [0.05, 0.1) is 18.0 Å². The monoisotopic (exact) mass is 399 g/mol. The molecule has 7 nitrogen and oxygen atoms in total. The zero-order chi connectivity index (χ0) is 21.0. The lowest BCUT2D eigenvalue weighted by atomic mass is 10.2. The summed E-state index contributed by atoms with van der Waals surface area (Å²) < 4.78 is 32.3. The van der Waals surface area contributed by atoms with Crippen LogP contribution in [0.2, 0.25) is 0 Å². The topological polar surface area (TPSA) is 90.3 Å². The summed E-state index contributed by atoms with van der Waals surface area (Å²) in [4.78, 5) is 37.2. The summed E-state index contributed by atoms with van der Waals surface area (Å²) in [6, 6.07) is 10.8. The third kappa shape index (κ3) is 4.52. The predicted molar refractivity (Wildman–Crippen MR) is 100 cm³/mol. The first-order valence-corrected chi connectivity index (χ1v) is 8.53. The van der Waals surface area contributed by atoms with Gasteiger partial charge in [-0.3, -0.25) is 9.59 Å². The molecule has 0 aliphatic rings. The maximum atomic E-state index is 13.4. The van der Waals surface area contributed by atoms with Gasteiger partial charge in [0.1, 0.15) is 11.6 Å². The van der Waals surface area contributed by atoms with Gasteiger partial charge in [-0.2, -0.15) is 9.78 Å². The fraction of sp³-hybridized carbons (Fsp3) is 0.100. The highest BCUT2D eigenvalue weighted by molar-refractivity contribution is 6.07. The minimum absolute atomic E-state index is 0.0116. The molecule has 1 heterocycles. The van der Waals surface area contributed by atoms with Gasteiger partial charge in [0, 0.05) is 11.6 Å². The summed E-state index contributed by atoms with van der Waals surface area (Å²) in [7, 11) is 0. The van der Waals surface area contributed by atoms with E-state index in [0.29, 0.717) is 0 Å². The van der Waals surface area contributed by atoms with Crippen LogP contribution >= 0.6 is 0 Å². The molecule has 3 aromatic rings. The van der Waals surface area contributed by atoms with Gasteiger partial charge in [-0.15, -0.1) is 0 Å². The molecule has 0 unspecified atom stereocenters. The smallest absolute Gasteiger partial charge is 0.360 e. The molecule has 0 bridgehead atoms. The highest BCUT2D eigenvalue weighted by Crippen LogP contribution is 2.16. The van der Waals surface area contributed by atoms with E-state index in [1.807, 2.05) is 0 Å². The summed E-state index contributed by atoms with van der Waals surface area (Å²) in [6.45, 7) is 1.62. The first kappa shape index (κ1) is 19.9. The molecular weight excluding hydrogens is 384 g/mol. The van der Waals surface area contributed by atoms with E-state index in [1.165, 1.54) is 30.3 Å². The van der Waals surface area contributed by atoms with Gasteiger partial charge in [0.15, 0.2) is 5.69 Å². The first-order valence-electron chi connectivity index (χ1n) is 8.53. The van der Waals surface area contributed by atoms with Gasteiger partial charge in [0.25, 0.3) is 11.5 Å². The van der Waals surface area contributed by atoms with Crippen LogP contribution in [-0.4, -0.2) is 28.3 Å². The molecule has 9 heteroatoms. The summed E-state index contributed by atoms with van der Waals surface area (Å²) in [5, 5.41) is 6.35. The van der Waals surface area contributed by atoms with Gasteiger partial charge >= 0.3 is 5.97 Å². The Bertz CT molecular complexity index is 1130. The second kappa shape index (κ2) is 8.42. The van der Waals surface area contributed by atoms with Crippen LogP contribution in [0, 0.1) is 11.6 Å². The Morgan fingerprint density at radius 3 is 2.45 bits per heavy atom. The number of carbonyl (C=O) groups excluding carboxylic acids is 2. The van der Waals surface area contributed by atoms with Crippen LogP contribution in [-0.2, 0) is 4.74 Å². The molecule has 29 heavy (non-hydrogen) atoms. The van der Waals surface area contributed by atoms with Crippen LogP contribution < -0.4 is 10.9 Å². The number of nitrogens with one attached hydrogen (secondary N) is 1. The number of aromatic nitrogens is 2. The molecule has 0 fully saturated rings. The second-order valence-electron chi connectivity index (χ2n) is 5.82. The molecule has 3 rings (SSSR count). The number of halogens is 2. The zero-order valence-electron chi connectivity index (χ0n) is 15.2. The summed E-state index contributed by atoms with van der Waals surface area (Å²) >= 11 is 0. The van der Waals surface area contributed by atoms with Gasteiger partial charge in [-0.05, 0) is 49.4 Å². The molecular formula is C20H15F2N3O4. The second-order valence-corrected chi connectivity index (χ2v) is 5.82. The Morgan fingerprint density at radius 1 is 1.07 bits per heavy atom. The Balaban J connectivity index is 2.04. The largest absolute Gasteiger partial charge is 0.461 e. The van der Waals surface area contributed by atoms with Crippen molar-refractivity contribution in [3.63, 3.8) is 0 Å². The van der Waals surface area contributed by atoms with Crippen LogP contribution in [0.4, 0.5) is 14.5 Å². The fourth-order valence-electron chi connectivity index (χ4n) is 2.49. The normalized spacial score (nSPS) is 10.4. The Labute approximate surface area is 163 Å². The number of anilines is 1. The lowest BCUT2D eigenvalue weighted by Gasteiger charge is -2.12. The highest BCUT2D eigenvalue weighted by atomic mass is 19.1. The number of ether oxygens (including phenoxy) is 1. The third-order valence-corrected chi connectivity index (χ3v) is 3.81. The summed E-state index contributed by atoms with van der Waals surface area (Å²) in [5.41, 5.74) is -1.01. The molecule has 1 N–H and O–H groups in total. The quantitative estimate of drug-likeness (QED) is 0.667. The molecule has 148 valence electrons. The van der Waals surface area contributed by atoms with Gasteiger partial charge in [0.2, 0.25) is 0 Å². The SMILES string of the molecule is CCOC(=O)c1nn(-c2ccc(F)cc2)c(=O)cc1NC(=O)c1cccc(F)c1. The van der Waals surface area contributed by atoms with Crippen LogP contribution in [0.15, 0.2) is 59.4 Å². The fourth-order valence-corrected chi connectivity index (χ4v) is 2.49. The summed E-state index contributed by atoms with van der Waals surface area (Å²) in [5.74, 6) is -2.74. The Hall–Kier alpha value is -3.88. The van der Waals surface area contributed by atoms with Crippen molar-refractivity contribution in [3.05, 3.63) is 87.8 Å². The average molecular weight is 399 g/mol. The lowest BCUT2D eigenvalue weighted by molar-refractivity contribution is 0.0518. The first-order chi connectivity index (χ1) is 13.9. The van der Waals surface area contributed by atoms with Crippen LogP contribution in [0.1, 0.15) is 27.8 Å². The molecule has 2 aromatic carbocycles. The van der Waals surface area contributed by atoms with Gasteiger partial charge < -0.3 is 10.1 Å². The maximum Gasteiger partial charge on any atom is 0.360 e. The van der Waals surface area contributed by atoms with E-state index in [0.717, 1.165) is 28.9 Å². The number of benzene rings is 2. The zero-order valence-corrected chi connectivity index (χ0v) is 15.2. The van der Waals surface area contributed by atoms with E-state index in [2.05, 4.69) is 10.4 Å². The maximum absolute atomic E-state index is 13.4. The molecule has 0 radical (unpaired) electrons. The number of rotatable bonds is 5. The van der Waals surface area contributed by atoms with Crippen molar-refractivity contribution in [3.8, 4) is 5.69 Å². The van der Waals surface area contributed by atoms with E-state index < -0.39 is 29.1 Å². The average Bonchev–Trinajstić information content (AvgIpc) is 2.69. The van der Waals surface area contributed by atoms with Crippen molar-refractivity contribution < 1.29 is 23.1 Å². The molecule has 0 saturated carbocycles. The summed E-state index contributed by atoms with van der Waals surface area (Å²) in [6.07, 6.45) is 0. The number of nitrogens with zero attached hydrogens (tertiary/aromatic N) is 2. The molecule has 1 aromatic heterocycles.